The van der Waals surface area contributed by atoms with Crippen molar-refractivity contribution in [2.24, 2.45) is 0 Å². The van der Waals surface area contributed by atoms with E-state index in [2.05, 4.69) is 0 Å². The fourth-order valence-electron chi connectivity index (χ4n) is 1.41. The first-order valence-electron chi connectivity index (χ1n) is 4.57. The maximum Gasteiger partial charge on any atom is 0.419 e. The van der Waals surface area contributed by atoms with Gasteiger partial charge in [0.05, 0.1) is 11.1 Å². The first-order chi connectivity index (χ1) is 7.57. The number of halogens is 6. The average Bonchev–Trinajstić information content (AvgIpc) is 2.13. The molecule has 96 valence electrons. The maximum atomic E-state index is 12.5. The third-order valence-electron chi connectivity index (χ3n) is 2.21. The summed E-state index contributed by atoms with van der Waals surface area (Å²) in [5, 5.41) is 9.06. The highest BCUT2D eigenvalue weighted by molar-refractivity contribution is 5.44. The number of rotatable bonds is 1. The van der Waals surface area contributed by atoms with Gasteiger partial charge in [-0.25, -0.2) is 0 Å². The Morgan fingerprint density at radius 1 is 0.941 bits per heavy atom. The smallest absolute Gasteiger partial charge is 0.419 e. The summed E-state index contributed by atoms with van der Waals surface area (Å²) >= 11 is 0. The normalized spacial score (nSPS) is 12.9. The zero-order chi connectivity index (χ0) is 13.4. The molecule has 1 aromatic carbocycles. The van der Waals surface area contributed by atoms with Crippen LogP contribution in [0.5, 0.6) is 5.75 Å². The number of alkyl halides is 6. The Labute approximate surface area is 92.7 Å². The molecule has 17 heavy (non-hydrogen) atoms. The Hall–Kier alpha value is -1.40. The Kier molecular flexibility index (Phi) is 3.31. The van der Waals surface area contributed by atoms with E-state index >= 15 is 0 Å². The van der Waals surface area contributed by atoms with Gasteiger partial charge in [-0.1, -0.05) is 6.92 Å². The van der Waals surface area contributed by atoms with Gasteiger partial charge in [0, 0.05) is 0 Å². The van der Waals surface area contributed by atoms with Crippen molar-refractivity contribution in [3.05, 3.63) is 28.8 Å². The van der Waals surface area contributed by atoms with Crippen LogP contribution in [0.3, 0.4) is 0 Å². The summed E-state index contributed by atoms with van der Waals surface area (Å²) in [6.07, 6.45) is -10.0. The molecule has 0 fully saturated rings. The molecule has 0 saturated heterocycles. The molecule has 1 aromatic rings. The number of aryl methyl sites for hydroxylation is 1. The van der Waals surface area contributed by atoms with Gasteiger partial charge in [0.15, 0.2) is 0 Å². The molecule has 0 aliphatic rings. The zero-order valence-electron chi connectivity index (χ0n) is 8.58. The van der Waals surface area contributed by atoms with Crippen molar-refractivity contribution in [1.82, 2.24) is 0 Å². The van der Waals surface area contributed by atoms with E-state index in [9.17, 15) is 26.3 Å². The standard InChI is InChI=1S/C10H8F6O/c1-2-5-3-8(17)7(10(14,15)16)4-6(5)9(11,12)13/h3-4,17H,2H2,1H3. The molecule has 0 aromatic heterocycles. The lowest BCUT2D eigenvalue weighted by atomic mass is 10.00. The molecule has 0 aliphatic carbocycles. The van der Waals surface area contributed by atoms with Gasteiger partial charge in [-0.05, 0) is 24.1 Å². The van der Waals surface area contributed by atoms with Crippen LogP contribution in [-0.2, 0) is 18.8 Å². The molecule has 7 heteroatoms. The van der Waals surface area contributed by atoms with Crippen LogP contribution in [0.4, 0.5) is 26.3 Å². The van der Waals surface area contributed by atoms with Crippen molar-refractivity contribution in [1.29, 1.82) is 0 Å². The number of phenols is 1. The number of benzene rings is 1. The number of hydrogen-bond acceptors (Lipinski definition) is 1. The summed E-state index contributed by atoms with van der Waals surface area (Å²) in [6.45, 7) is 1.36. The maximum absolute atomic E-state index is 12.5. The molecule has 0 radical (unpaired) electrons. The van der Waals surface area contributed by atoms with E-state index in [1.54, 1.807) is 0 Å². The summed E-state index contributed by atoms with van der Waals surface area (Å²) in [7, 11) is 0. The van der Waals surface area contributed by atoms with Gasteiger partial charge in [0.25, 0.3) is 0 Å². The number of aromatic hydroxyl groups is 1. The van der Waals surface area contributed by atoms with E-state index in [0.717, 1.165) is 0 Å². The highest BCUT2D eigenvalue weighted by Gasteiger charge is 2.39. The van der Waals surface area contributed by atoms with Crippen LogP contribution < -0.4 is 0 Å². The summed E-state index contributed by atoms with van der Waals surface area (Å²) in [5.41, 5.74) is -3.42. The van der Waals surface area contributed by atoms with Gasteiger partial charge in [-0.2, -0.15) is 26.3 Å². The molecule has 0 unspecified atom stereocenters. The second-order valence-electron chi connectivity index (χ2n) is 3.38. The van der Waals surface area contributed by atoms with Crippen molar-refractivity contribution in [2.75, 3.05) is 0 Å². The van der Waals surface area contributed by atoms with Crippen LogP contribution in [0.25, 0.3) is 0 Å². The fraction of sp³-hybridized carbons (Fsp3) is 0.400. The van der Waals surface area contributed by atoms with E-state index in [-0.39, 0.29) is 18.1 Å². The van der Waals surface area contributed by atoms with Crippen LogP contribution >= 0.6 is 0 Å². The van der Waals surface area contributed by atoms with Crippen LogP contribution in [-0.4, -0.2) is 5.11 Å². The predicted molar refractivity (Wildman–Crippen MR) is 47.5 cm³/mol. The highest BCUT2D eigenvalue weighted by atomic mass is 19.4. The molecule has 0 spiro atoms. The second-order valence-corrected chi connectivity index (χ2v) is 3.38. The Morgan fingerprint density at radius 2 is 1.41 bits per heavy atom. The van der Waals surface area contributed by atoms with Crippen LogP contribution in [0, 0.1) is 0 Å². The summed E-state index contributed by atoms with van der Waals surface area (Å²) in [4.78, 5) is 0. The molecule has 0 aliphatic heterocycles. The van der Waals surface area contributed by atoms with Crippen LogP contribution in [0.1, 0.15) is 23.6 Å². The van der Waals surface area contributed by atoms with Crippen molar-refractivity contribution in [3.8, 4) is 5.75 Å². The summed E-state index contributed by atoms with van der Waals surface area (Å²) < 4.78 is 74.4. The first-order valence-corrected chi connectivity index (χ1v) is 4.57. The second kappa shape index (κ2) is 4.12. The van der Waals surface area contributed by atoms with Gasteiger partial charge in [0.1, 0.15) is 5.75 Å². The topological polar surface area (TPSA) is 20.2 Å². The molecule has 0 atom stereocenters. The molecular weight excluding hydrogens is 250 g/mol. The highest BCUT2D eigenvalue weighted by Crippen LogP contribution is 2.41. The fourth-order valence-corrected chi connectivity index (χ4v) is 1.41. The van der Waals surface area contributed by atoms with Gasteiger partial charge in [0.2, 0.25) is 0 Å². The monoisotopic (exact) mass is 258 g/mol. The van der Waals surface area contributed by atoms with E-state index < -0.39 is 29.2 Å². The lowest BCUT2D eigenvalue weighted by Gasteiger charge is -2.16. The first kappa shape index (κ1) is 13.7. The molecule has 1 rings (SSSR count). The lowest BCUT2D eigenvalue weighted by Crippen LogP contribution is -2.13. The van der Waals surface area contributed by atoms with Crippen LogP contribution in [0.2, 0.25) is 0 Å². The van der Waals surface area contributed by atoms with Crippen molar-refractivity contribution in [2.45, 2.75) is 25.7 Å². The minimum absolute atomic E-state index is 0.0613. The molecular formula is C10H8F6O. The lowest BCUT2D eigenvalue weighted by molar-refractivity contribution is -0.144. The minimum Gasteiger partial charge on any atom is -0.507 e. The van der Waals surface area contributed by atoms with Gasteiger partial charge >= 0.3 is 12.4 Å². The van der Waals surface area contributed by atoms with Crippen molar-refractivity contribution >= 4 is 0 Å². The third-order valence-corrected chi connectivity index (χ3v) is 2.21. The molecule has 1 N–H and O–H groups in total. The number of hydrogen-bond donors (Lipinski definition) is 1. The largest absolute Gasteiger partial charge is 0.507 e. The minimum atomic E-state index is -5.02. The predicted octanol–water partition coefficient (Wildman–Crippen LogP) is 3.99. The molecule has 0 saturated carbocycles. The zero-order valence-corrected chi connectivity index (χ0v) is 8.58. The van der Waals surface area contributed by atoms with Crippen molar-refractivity contribution in [3.63, 3.8) is 0 Å². The van der Waals surface area contributed by atoms with E-state index in [1.165, 1.54) is 6.92 Å². The summed E-state index contributed by atoms with van der Waals surface area (Å²) in [5.74, 6) is -1.19. The van der Waals surface area contributed by atoms with Gasteiger partial charge < -0.3 is 5.11 Å². The van der Waals surface area contributed by atoms with E-state index in [0.29, 0.717) is 6.07 Å². The Morgan fingerprint density at radius 3 is 1.76 bits per heavy atom. The summed E-state index contributed by atoms with van der Waals surface area (Å²) in [6, 6.07) is 0.444. The SMILES string of the molecule is CCc1cc(O)c(C(F)(F)F)cc1C(F)(F)F. The van der Waals surface area contributed by atoms with Crippen molar-refractivity contribution < 1.29 is 31.4 Å². The molecule has 1 nitrogen and oxygen atoms in total. The van der Waals surface area contributed by atoms with E-state index in [4.69, 9.17) is 5.11 Å². The molecule has 0 amide bonds. The van der Waals surface area contributed by atoms with E-state index in [1.807, 2.05) is 0 Å². The Balaban J connectivity index is 3.49. The van der Waals surface area contributed by atoms with Gasteiger partial charge in [-0.3, -0.25) is 0 Å². The quantitative estimate of drug-likeness (QED) is 0.755. The number of phenolic OH excluding ortho intramolecular Hbond substituents is 1. The molecule has 0 bridgehead atoms. The average molecular weight is 258 g/mol. The Bertz CT molecular complexity index is 418. The van der Waals surface area contributed by atoms with Crippen LogP contribution in [0.15, 0.2) is 12.1 Å². The molecule has 0 heterocycles. The third kappa shape index (κ3) is 2.83. The van der Waals surface area contributed by atoms with Gasteiger partial charge in [-0.15, -0.1) is 0 Å².